The van der Waals surface area contributed by atoms with Crippen LogP contribution in [0, 0.1) is 0 Å². The summed E-state index contributed by atoms with van der Waals surface area (Å²) in [6, 6.07) is 0. The molecule has 2 aromatic rings. The highest BCUT2D eigenvalue weighted by molar-refractivity contribution is 7.99. The van der Waals surface area contributed by atoms with Gasteiger partial charge in [-0.05, 0) is 31.2 Å². The van der Waals surface area contributed by atoms with E-state index in [2.05, 4.69) is 10.3 Å². The minimum absolute atomic E-state index is 0.0381. The summed E-state index contributed by atoms with van der Waals surface area (Å²) < 4.78 is 1.64. The highest BCUT2D eigenvalue weighted by Gasteiger charge is 2.21. The molecule has 118 valence electrons. The van der Waals surface area contributed by atoms with Crippen molar-refractivity contribution in [2.75, 3.05) is 12.3 Å². The molecule has 0 radical (unpaired) electrons. The summed E-state index contributed by atoms with van der Waals surface area (Å²) in [6.45, 7) is 2.08. The van der Waals surface area contributed by atoms with E-state index in [4.69, 9.17) is 0 Å². The van der Waals surface area contributed by atoms with Crippen LogP contribution < -0.4 is 10.9 Å². The maximum Gasteiger partial charge on any atom is 0.262 e. The van der Waals surface area contributed by atoms with Crippen molar-refractivity contribution in [2.45, 2.75) is 37.8 Å². The Morgan fingerprint density at radius 2 is 2.18 bits per heavy atom. The summed E-state index contributed by atoms with van der Waals surface area (Å²) >= 11 is 3.18. The number of aromatic nitrogens is 2. The maximum absolute atomic E-state index is 12.7. The summed E-state index contributed by atoms with van der Waals surface area (Å²) in [4.78, 5) is 30.4. The Morgan fingerprint density at radius 1 is 1.41 bits per heavy atom. The third-order valence-electron chi connectivity index (χ3n) is 3.86. The van der Waals surface area contributed by atoms with Crippen LogP contribution in [-0.4, -0.2) is 27.8 Å². The van der Waals surface area contributed by atoms with E-state index in [9.17, 15) is 9.59 Å². The Labute approximate surface area is 137 Å². The van der Waals surface area contributed by atoms with Gasteiger partial charge in [-0.1, -0.05) is 11.8 Å². The number of nitrogens with zero attached hydrogens (tertiary/aromatic N) is 2. The Kier molecular flexibility index (Phi) is 4.54. The number of thiophene rings is 1. The molecule has 0 atom stereocenters. The second kappa shape index (κ2) is 6.42. The third kappa shape index (κ3) is 2.92. The number of thioether (sulfide) groups is 1. The minimum atomic E-state index is -0.0381. The first-order valence-corrected chi connectivity index (χ1v) is 9.26. The first kappa shape index (κ1) is 15.6. The van der Waals surface area contributed by atoms with Gasteiger partial charge in [0.1, 0.15) is 4.83 Å². The van der Waals surface area contributed by atoms with E-state index in [1.165, 1.54) is 35.5 Å². The van der Waals surface area contributed by atoms with Crippen LogP contribution in [0.4, 0.5) is 0 Å². The summed E-state index contributed by atoms with van der Waals surface area (Å²) in [5.41, 5.74) is 1.29. The van der Waals surface area contributed by atoms with Gasteiger partial charge in [0.25, 0.3) is 5.56 Å². The number of hydrogen-bond acceptors (Lipinski definition) is 5. The summed E-state index contributed by atoms with van der Waals surface area (Å²) in [5, 5.41) is 4.31. The molecule has 1 N–H and O–H groups in total. The lowest BCUT2D eigenvalue weighted by Gasteiger charge is -2.10. The summed E-state index contributed by atoms with van der Waals surface area (Å²) in [5.74, 6) is 0.667. The zero-order chi connectivity index (χ0) is 15.7. The molecule has 0 aromatic carbocycles. The predicted octanol–water partition coefficient (Wildman–Crippen LogP) is 2.10. The standard InChI is InChI=1S/C15H19N3O2S2/c1-9(19)16-7-8-21-15-17-13-12(14(20)18(15)2)10-5-3-4-6-11(10)22-13/h3-8H2,1-2H3,(H,16,19). The van der Waals surface area contributed by atoms with Gasteiger partial charge in [0.15, 0.2) is 5.16 Å². The van der Waals surface area contributed by atoms with Gasteiger partial charge in [-0.3, -0.25) is 14.2 Å². The molecular weight excluding hydrogens is 318 g/mol. The Bertz CT molecular complexity index is 779. The molecule has 0 fully saturated rings. The van der Waals surface area contributed by atoms with Gasteiger partial charge in [-0.2, -0.15) is 0 Å². The molecule has 7 heteroatoms. The van der Waals surface area contributed by atoms with E-state index in [1.807, 2.05) is 0 Å². The fraction of sp³-hybridized carbons (Fsp3) is 0.533. The van der Waals surface area contributed by atoms with Crippen molar-refractivity contribution in [3.63, 3.8) is 0 Å². The van der Waals surface area contributed by atoms with Gasteiger partial charge in [0.2, 0.25) is 5.91 Å². The Balaban J connectivity index is 1.91. The van der Waals surface area contributed by atoms with E-state index >= 15 is 0 Å². The molecule has 2 aromatic heterocycles. The lowest BCUT2D eigenvalue weighted by Crippen LogP contribution is -2.24. The number of carbonyl (C=O) groups excluding carboxylic acids is 1. The highest BCUT2D eigenvalue weighted by atomic mass is 32.2. The average molecular weight is 337 g/mol. The topological polar surface area (TPSA) is 64.0 Å². The molecule has 1 aliphatic rings. The lowest BCUT2D eigenvalue weighted by molar-refractivity contribution is -0.118. The zero-order valence-electron chi connectivity index (χ0n) is 12.8. The SMILES string of the molecule is CC(=O)NCCSc1nc2sc3c(c2c(=O)n1C)CCCC3. The summed E-state index contributed by atoms with van der Waals surface area (Å²) in [7, 11) is 1.78. The molecule has 0 spiro atoms. The predicted molar refractivity (Wildman–Crippen MR) is 90.9 cm³/mol. The van der Waals surface area contributed by atoms with Crippen molar-refractivity contribution in [1.82, 2.24) is 14.9 Å². The Morgan fingerprint density at radius 3 is 2.95 bits per heavy atom. The highest BCUT2D eigenvalue weighted by Crippen LogP contribution is 2.34. The maximum atomic E-state index is 12.7. The first-order valence-electron chi connectivity index (χ1n) is 7.46. The van der Waals surface area contributed by atoms with Gasteiger partial charge >= 0.3 is 0 Å². The van der Waals surface area contributed by atoms with Crippen LogP contribution >= 0.6 is 23.1 Å². The molecule has 1 aliphatic carbocycles. The number of amides is 1. The van der Waals surface area contributed by atoms with Gasteiger partial charge in [0, 0.05) is 31.1 Å². The van der Waals surface area contributed by atoms with Crippen molar-refractivity contribution < 1.29 is 4.79 Å². The van der Waals surface area contributed by atoms with Gasteiger partial charge in [-0.25, -0.2) is 4.98 Å². The molecule has 5 nitrogen and oxygen atoms in total. The number of nitrogens with one attached hydrogen (secondary N) is 1. The fourth-order valence-corrected chi connectivity index (χ4v) is 4.89. The van der Waals surface area contributed by atoms with Crippen LogP contribution in [0.15, 0.2) is 9.95 Å². The van der Waals surface area contributed by atoms with E-state index in [-0.39, 0.29) is 11.5 Å². The lowest BCUT2D eigenvalue weighted by atomic mass is 9.97. The Hall–Kier alpha value is -1.34. The smallest absolute Gasteiger partial charge is 0.262 e. The van der Waals surface area contributed by atoms with Gasteiger partial charge in [-0.15, -0.1) is 11.3 Å². The quantitative estimate of drug-likeness (QED) is 0.527. The number of hydrogen-bond donors (Lipinski definition) is 1. The van der Waals surface area contributed by atoms with Crippen molar-refractivity contribution >= 4 is 39.2 Å². The molecule has 0 unspecified atom stereocenters. The van der Waals surface area contributed by atoms with Crippen LogP contribution in [0.5, 0.6) is 0 Å². The zero-order valence-corrected chi connectivity index (χ0v) is 14.4. The van der Waals surface area contributed by atoms with Crippen LogP contribution in [0.3, 0.4) is 0 Å². The van der Waals surface area contributed by atoms with E-state index in [0.717, 1.165) is 34.6 Å². The van der Waals surface area contributed by atoms with Crippen molar-refractivity contribution in [1.29, 1.82) is 0 Å². The first-order chi connectivity index (χ1) is 10.6. The van der Waals surface area contributed by atoms with Gasteiger partial charge in [0.05, 0.1) is 5.39 Å². The molecule has 1 amide bonds. The van der Waals surface area contributed by atoms with E-state index < -0.39 is 0 Å². The van der Waals surface area contributed by atoms with Crippen LogP contribution in [0.2, 0.25) is 0 Å². The minimum Gasteiger partial charge on any atom is -0.356 e. The molecular formula is C15H19N3O2S2. The summed E-state index contributed by atoms with van der Waals surface area (Å²) in [6.07, 6.45) is 4.44. The molecule has 0 saturated carbocycles. The molecule has 0 aliphatic heterocycles. The third-order valence-corrected chi connectivity index (χ3v) is 6.08. The molecule has 0 bridgehead atoms. The normalized spacial score (nSPS) is 14.1. The number of aryl methyl sites for hydroxylation is 2. The molecule has 22 heavy (non-hydrogen) atoms. The fourth-order valence-electron chi connectivity index (χ4n) is 2.77. The van der Waals surface area contributed by atoms with Crippen LogP contribution in [-0.2, 0) is 24.7 Å². The van der Waals surface area contributed by atoms with Crippen molar-refractivity contribution in [3.8, 4) is 0 Å². The van der Waals surface area contributed by atoms with E-state index in [1.54, 1.807) is 23.0 Å². The molecule has 0 saturated heterocycles. The number of fused-ring (bicyclic) bond motifs is 3. The van der Waals surface area contributed by atoms with Crippen molar-refractivity contribution in [3.05, 3.63) is 20.8 Å². The second-order valence-corrected chi connectivity index (χ2v) is 7.63. The molecule has 2 heterocycles. The molecule has 3 rings (SSSR count). The van der Waals surface area contributed by atoms with Gasteiger partial charge < -0.3 is 5.32 Å². The largest absolute Gasteiger partial charge is 0.356 e. The monoisotopic (exact) mass is 337 g/mol. The number of rotatable bonds is 4. The van der Waals surface area contributed by atoms with E-state index in [0.29, 0.717) is 12.3 Å². The van der Waals surface area contributed by atoms with Crippen LogP contribution in [0.25, 0.3) is 10.2 Å². The second-order valence-electron chi connectivity index (χ2n) is 5.48. The average Bonchev–Trinajstić information content (AvgIpc) is 2.86. The van der Waals surface area contributed by atoms with Crippen LogP contribution in [0.1, 0.15) is 30.2 Å². The number of carbonyl (C=O) groups is 1. The van der Waals surface area contributed by atoms with Crippen molar-refractivity contribution in [2.24, 2.45) is 7.05 Å².